The Morgan fingerprint density at radius 1 is 0.700 bits per heavy atom. The maximum absolute atomic E-state index is 12.0. The molecular formula is C22H34N2O6. The van der Waals surface area contributed by atoms with Crippen molar-refractivity contribution < 1.29 is 28.5 Å². The second-order valence-corrected chi connectivity index (χ2v) is 8.87. The summed E-state index contributed by atoms with van der Waals surface area (Å²) in [4.78, 5) is 24.0. The maximum Gasteiger partial charge on any atom is 0.244 e. The molecule has 4 aliphatic rings. The van der Waals surface area contributed by atoms with Crippen LogP contribution in [0.4, 0.5) is 0 Å². The van der Waals surface area contributed by atoms with Crippen LogP contribution >= 0.6 is 0 Å². The van der Waals surface area contributed by atoms with Crippen molar-refractivity contribution in [3.8, 4) is 0 Å². The van der Waals surface area contributed by atoms with Gasteiger partial charge in [-0.1, -0.05) is 12.8 Å². The first kappa shape index (κ1) is 21.7. The molecule has 0 bridgehead atoms. The Kier molecular flexibility index (Phi) is 7.08. The third kappa shape index (κ3) is 5.60. The van der Waals surface area contributed by atoms with E-state index in [1.54, 1.807) is 0 Å². The SMILES string of the molecule is O=C(/C=C\C(=O)NC[C@H]1COC2(CCCCC2)O1)NC[C@H]1COC2(CCCCC2)O1. The zero-order valence-electron chi connectivity index (χ0n) is 17.7. The molecule has 30 heavy (non-hydrogen) atoms. The topological polar surface area (TPSA) is 95.1 Å². The highest BCUT2D eigenvalue weighted by Crippen LogP contribution is 2.38. The number of hydrogen-bond acceptors (Lipinski definition) is 6. The summed E-state index contributed by atoms with van der Waals surface area (Å²) in [5.41, 5.74) is 0. The van der Waals surface area contributed by atoms with Gasteiger partial charge in [0.2, 0.25) is 11.8 Å². The molecule has 2 saturated carbocycles. The molecule has 4 fully saturated rings. The predicted molar refractivity (Wildman–Crippen MR) is 108 cm³/mol. The van der Waals surface area contributed by atoms with Crippen LogP contribution in [0.25, 0.3) is 0 Å². The molecule has 0 aromatic carbocycles. The highest BCUT2D eigenvalue weighted by atomic mass is 16.7. The van der Waals surface area contributed by atoms with E-state index in [-0.39, 0.29) is 24.0 Å². The van der Waals surface area contributed by atoms with E-state index in [0.717, 1.165) is 51.4 Å². The molecule has 2 aliphatic heterocycles. The van der Waals surface area contributed by atoms with Crippen LogP contribution < -0.4 is 10.6 Å². The van der Waals surface area contributed by atoms with Crippen LogP contribution in [-0.2, 0) is 28.5 Å². The predicted octanol–water partition coefficient (Wildman–Crippen LogP) is 1.93. The van der Waals surface area contributed by atoms with Crippen molar-refractivity contribution in [2.24, 2.45) is 0 Å². The van der Waals surface area contributed by atoms with Crippen molar-refractivity contribution in [3.05, 3.63) is 12.2 Å². The van der Waals surface area contributed by atoms with Gasteiger partial charge < -0.3 is 29.6 Å². The largest absolute Gasteiger partial charge is 0.350 e. The molecule has 4 rings (SSSR count). The van der Waals surface area contributed by atoms with Crippen LogP contribution in [0.3, 0.4) is 0 Å². The molecule has 2 atom stereocenters. The van der Waals surface area contributed by atoms with E-state index in [9.17, 15) is 9.59 Å². The van der Waals surface area contributed by atoms with Gasteiger partial charge >= 0.3 is 0 Å². The molecule has 0 unspecified atom stereocenters. The molecule has 2 aliphatic carbocycles. The molecule has 0 radical (unpaired) electrons. The minimum absolute atomic E-state index is 0.138. The highest BCUT2D eigenvalue weighted by molar-refractivity contribution is 5.96. The fourth-order valence-corrected chi connectivity index (χ4v) is 4.84. The molecule has 2 amide bonds. The first-order chi connectivity index (χ1) is 14.6. The van der Waals surface area contributed by atoms with Crippen LogP contribution in [0, 0.1) is 0 Å². The zero-order chi connectivity index (χ0) is 20.9. The van der Waals surface area contributed by atoms with Crippen LogP contribution in [0.1, 0.15) is 64.2 Å². The number of hydrogen-bond donors (Lipinski definition) is 2. The quantitative estimate of drug-likeness (QED) is 0.635. The molecule has 0 aromatic heterocycles. The van der Waals surface area contributed by atoms with Gasteiger partial charge in [-0.05, 0) is 25.7 Å². The average Bonchev–Trinajstić information content (AvgIpc) is 3.34. The molecule has 8 nitrogen and oxygen atoms in total. The molecule has 2 heterocycles. The third-order valence-corrected chi connectivity index (χ3v) is 6.45. The lowest BCUT2D eigenvalue weighted by Crippen LogP contribution is -2.37. The van der Waals surface area contributed by atoms with Gasteiger partial charge in [0.25, 0.3) is 0 Å². The third-order valence-electron chi connectivity index (χ3n) is 6.45. The zero-order valence-corrected chi connectivity index (χ0v) is 17.7. The van der Waals surface area contributed by atoms with E-state index >= 15 is 0 Å². The molecule has 2 N–H and O–H groups in total. The van der Waals surface area contributed by atoms with E-state index in [0.29, 0.717) is 26.3 Å². The molecule has 0 aromatic rings. The number of amides is 2. The number of carbonyl (C=O) groups excluding carboxylic acids is 2. The van der Waals surface area contributed by atoms with Crippen molar-refractivity contribution in [2.45, 2.75) is 88.0 Å². The van der Waals surface area contributed by atoms with Gasteiger partial charge in [0.15, 0.2) is 11.6 Å². The van der Waals surface area contributed by atoms with Crippen molar-refractivity contribution in [1.82, 2.24) is 10.6 Å². The van der Waals surface area contributed by atoms with Crippen molar-refractivity contribution >= 4 is 11.8 Å². The summed E-state index contributed by atoms with van der Waals surface area (Å²) in [7, 11) is 0. The first-order valence-electron chi connectivity index (χ1n) is 11.4. The van der Waals surface area contributed by atoms with E-state index in [1.807, 2.05) is 0 Å². The lowest BCUT2D eigenvalue weighted by Gasteiger charge is -2.31. The molecule has 2 spiro atoms. The van der Waals surface area contributed by atoms with Gasteiger partial charge in [0.05, 0.1) is 13.2 Å². The van der Waals surface area contributed by atoms with Crippen molar-refractivity contribution in [2.75, 3.05) is 26.3 Å². The second-order valence-electron chi connectivity index (χ2n) is 8.87. The summed E-state index contributed by atoms with van der Waals surface area (Å²) in [6.45, 7) is 1.74. The number of nitrogens with one attached hydrogen (secondary N) is 2. The van der Waals surface area contributed by atoms with Gasteiger partial charge in [-0.15, -0.1) is 0 Å². The van der Waals surface area contributed by atoms with Crippen LogP contribution in [0.2, 0.25) is 0 Å². The number of carbonyl (C=O) groups is 2. The lowest BCUT2D eigenvalue weighted by atomic mass is 9.94. The van der Waals surface area contributed by atoms with Crippen LogP contribution in [-0.4, -0.2) is 61.9 Å². The van der Waals surface area contributed by atoms with E-state index in [2.05, 4.69) is 10.6 Å². The fourth-order valence-electron chi connectivity index (χ4n) is 4.84. The Balaban J connectivity index is 1.11. The van der Waals surface area contributed by atoms with E-state index in [1.165, 1.54) is 25.0 Å². The van der Waals surface area contributed by atoms with Crippen LogP contribution in [0.15, 0.2) is 12.2 Å². The molecule has 2 saturated heterocycles. The molecular weight excluding hydrogens is 388 g/mol. The summed E-state index contributed by atoms with van der Waals surface area (Å²) in [5, 5.41) is 5.57. The monoisotopic (exact) mass is 422 g/mol. The Bertz CT molecular complexity index is 586. The van der Waals surface area contributed by atoms with Gasteiger partial charge in [0, 0.05) is 50.9 Å². The lowest BCUT2D eigenvalue weighted by molar-refractivity contribution is -0.186. The van der Waals surface area contributed by atoms with Gasteiger partial charge in [-0.3, -0.25) is 9.59 Å². The minimum Gasteiger partial charge on any atom is -0.350 e. The standard InChI is InChI=1S/C22H34N2O6/c25-19(23-13-17-15-27-21(29-17)9-3-1-4-10-21)7-8-20(26)24-14-18-16-28-22(30-18)11-5-2-6-12-22/h7-8,17-18H,1-6,9-16H2,(H,23,25)(H,24,26)/b8-7-/t17-,18-/m0/s1. The van der Waals surface area contributed by atoms with Gasteiger partial charge in [0.1, 0.15) is 12.2 Å². The minimum atomic E-state index is -0.439. The maximum atomic E-state index is 12.0. The average molecular weight is 423 g/mol. The smallest absolute Gasteiger partial charge is 0.244 e. The fraction of sp³-hybridized carbons (Fsp3) is 0.818. The highest BCUT2D eigenvalue weighted by Gasteiger charge is 2.43. The van der Waals surface area contributed by atoms with Gasteiger partial charge in [-0.25, -0.2) is 0 Å². The Labute approximate surface area is 178 Å². The molecule has 168 valence electrons. The van der Waals surface area contributed by atoms with Crippen molar-refractivity contribution in [3.63, 3.8) is 0 Å². The summed E-state index contributed by atoms with van der Waals surface area (Å²) < 4.78 is 23.8. The first-order valence-corrected chi connectivity index (χ1v) is 11.4. The van der Waals surface area contributed by atoms with Gasteiger partial charge in [-0.2, -0.15) is 0 Å². The number of ether oxygens (including phenoxy) is 4. The summed E-state index contributed by atoms with van der Waals surface area (Å²) >= 11 is 0. The van der Waals surface area contributed by atoms with E-state index in [4.69, 9.17) is 18.9 Å². The number of rotatable bonds is 6. The van der Waals surface area contributed by atoms with Crippen LogP contribution in [0.5, 0.6) is 0 Å². The second kappa shape index (κ2) is 9.77. The Morgan fingerprint density at radius 2 is 1.10 bits per heavy atom. The summed E-state index contributed by atoms with van der Waals surface area (Å²) in [5.74, 6) is -1.52. The van der Waals surface area contributed by atoms with Crippen molar-refractivity contribution in [1.29, 1.82) is 0 Å². The summed E-state index contributed by atoms with van der Waals surface area (Å²) in [6.07, 6.45) is 12.9. The Morgan fingerprint density at radius 3 is 1.50 bits per heavy atom. The van der Waals surface area contributed by atoms with E-state index < -0.39 is 11.6 Å². The Hall–Kier alpha value is -1.48. The summed E-state index contributed by atoms with van der Waals surface area (Å²) in [6, 6.07) is 0. The molecule has 8 heteroatoms. The normalized spacial score (nSPS) is 30.1.